The second-order valence-electron chi connectivity index (χ2n) is 5.86. The molecule has 114 valence electrons. The van der Waals surface area contributed by atoms with Crippen molar-refractivity contribution in [3.63, 3.8) is 0 Å². The van der Waals surface area contributed by atoms with E-state index in [0.717, 1.165) is 16.7 Å². The van der Waals surface area contributed by atoms with Crippen LogP contribution in [0.3, 0.4) is 0 Å². The molecule has 0 radical (unpaired) electrons. The van der Waals surface area contributed by atoms with E-state index in [1.54, 1.807) is 0 Å². The van der Waals surface area contributed by atoms with E-state index in [1.807, 2.05) is 66.7 Å². The smallest absolute Gasteiger partial charge is 0.148 e. The molecular weight excluding hydrogens is 284 g/mol. The van der Waals surface area contributed by atoms with Gasteiger partial charge in [-0.05, 0) is 16.7 Å². The molecule has 0 spiro atoms. The third-order valence-electron chi connectivity index (χ3n) is 4.49. The van der Waals surface area contributed by atoms with E-state index >= 15 is 0 Å². The van der Waals surface area contributed by atoms with E-state index in [1.165, 1.54) is 0 Å². The van der Waals surface area contributed by atoms with E-state index in [2.05, 4.69) is 24.3 Å². The number of hydrogen-bond donors (Lipinski definition) is 1. The van der Waals surface area contributed by atoms with Gasteiger partial charge in [-0.2, -0.15) is 0 Å². The maximum atomic E-state index is 10.8. The normalized spacial score (nSPS) is 20.0. The fourth-order valence-electron chi connectivity index (χ4n) is 3.28. The Morgan fingerprint density at radius 3 is 1.61 bits per heavy atom. The van der Waals surface area contributed by atoms with Crippen molar-refractivity contribution < 1.29 is 9.84 Å². The molecule has 1 saturated heterocycles. The molecule has 1 aliphatic rings. The Bertz CT molecular complexity index is 729. The monoisotopic (exact) mass is 302 g/mol. The SMILES string of the molecule is OC(c1ccccc1)C1OC1(c1ccccc1)c1ccccc1. The van der Waals surface area contributed by atoms with Gasteiger partial charge in [0.1, 0.15) is 17.8 Å². The van der Waals surface area contributed by atoms with Gasteiger partial charge in [0, 0.05) is 0 Å². The van der Waals surface area contributed by atoms with Gasteiger partial charge in [-0.1, -0.05) is 91.0 Å². The molecule has 2 nitrogen and oxygen atoms in total. The summed E-state index contributed by atoms with van der Waals surface area (Å²) in [6.45, 7) is 0. The number of ether oxygens (including phenoxy) is 1. The van der Waals surface area contributed by atoms with Gasteiger partial charge in [0.15, 0.2) is 0 Å². The van der Waals surface area contributed by atoms with Gasteiger partial charge in [0.2, 0.25) is 0 Å². The van der Waals surface area contributed by atoms with Crippen molar-refractivity contribution in [3.05, 3.63) is 108 Å². The predicted octanol–water partition coefficient (Wildman–Crippen LogP) is 4.06. The maximum absolute atomic E-state index is 10.8. The molecule has 0 amide bonds. The van der Waals surface area contributed by atoms with Crippen LogP contribution in [0.4, 0.5) is 0 Å². The van der Waals surface area contributed by atoms with Gasteiger partial charge >= 0.3 is 0 Å². The van der Waals surface area contributed by atoms with Crippen LogP contribution in [-0.2, 0) is 10.3 Å². The van der Waals surface area contributed by atoms with Crippen LogP contribution >= 0.6 is 0 Å². The third kappa shape index (κ3) is 2.37. The van der Waals surface area contributed by atoms with E-state index in [9.17, 15) is 5.11 Å². The lowest BCUT2D eigenvalue weighted by Gasteiger charge is -2.16. The lowest BCUT2D eigenvalue weighted by atomic mass is 9.85. The summed E-state index contributed by atoms with van der Waals surface area (Å²) in [6, 6.07) is 30.0. The van der Waals surface area contributed by atoms with Crippen molar-refractivity contribution in [3.8, 4) is 0 Å². The quantitative estimate of drug-likeness (QED) is 0.737. The van der Waals surface area contributed by atoms with Crippen LogP contribution < -0.4 is 0 Å². The summed E-state index contributed by atoms with van der Waals surface area (Å²) < 4.78 is 6.14. The zero-order chi connectivity index (χ0) is 15.7. The molecule has 4 rings (SSSR count). The van der Waals surface area contributed by atoms with Crippen LogP contribution in [0.15, 0.2) is 91.0 Å². The predicted molar refractivity (Wildman–Crippen MR) is 89.9 cm³/mol. The summed E-state index contributed by atoms with van der Waals surface area (Å²) in [4.78, 5) is 0. The molecule has 1 heterocycles. The lowest BCUT2D eigenvalue weighted by molar-refractivity contribution is 0.136. The molecule has 2 atom stereocenters. The van der Waals surface area contributed by atoms with E-state index in [-0.39, 0.29) is 6.10 Å². The number of hydrogen-bond acceptors (Lipinski definition) is 2. The van der Waals surface area contributed by atoms with E-state index in [0.29, 0.717) is 0 Å². The standard InChI is InChI=1S/C21H18O2/c22-19(16-10-4-1-5-11-16)20-21(23-20,17-12-6-2-7-13-17)18-14-8-3-9-15-18/h1-15,19-20,22H. The molecule has 1 aliphatic heterocycles. The number of aliphatic hydroxyl groups excluding tert-OH is 1. The fourth-order valence-corrected chi connectivity index (χ4v) is 3.28. The Morgan fingerprint density at radius 1 is 0.696 bits per heavy atom. The zero-order valence-electron chi connectivity index (χ0n) is 12.7. The average Bonchev–Trinajstić information content (AvgIpc) is 3.40. The highest BCUT2D eigenvalue weighted by Gasteiger charge is 2.62. The molecule has 0 saturated carbocycles. The molecule has 23 heavy (non-hydrogen) atoms. The first kappa shape index (κ1) is 14.2. The minimum absolute atomic E-state index is 0.283. The van der Waals surface area contributed by atoms with Gasteiger partial charge in [-0.25, -0.2) is 0 Å². The average molecular weight is 302 g/mol. The third-order valence-corrected chi connectivity index (χ3v) is 4.49. The summed E-state index contributed by atoms with van der Waals surface area (Å²) in [6.07, 6.45) is -0.939. The largest absolute Gasteiger partial charge is 0.386 e. The van der Waals surface area contributed by atoms with Crippen molar-refractivity contribution in [1.29, 1.82) is 0 Å². The second kappa shape index (κ2) is 5.65. The molecule has 1 fully saturated rings. The summed E-state index contributed by atoms with van der Waals surface area (Å²) in [5.41, 5.74) is 2.46. The summed E-state index contributed by atoms with van der Waals surface area (Å²) in [5, 5.41) is 10.8. The Hall–Kier alpha value is -2.42. The van der Waals surface area contributed by atoms with Crippen LogP contribution in [-0.4, -0.2) is 11.2 Å². The first-order valence-corrected chi connectivity index (χ1v) is 7.84. The first-order chi connectivity index (χ1) is 11.3. The minimum Gasteiger partial charge on any atom is -0.386 e. The van der Waals surface area contributed by atoms with E-state index in [4.69, 9.17) is 4.74 Å². The van der Waals surface area contributed by atoms with Crippen LogP contribution in [0.1, 0.15) is 22.8 Å². The maximum Gasteiger partial charge on any atom is 0.148 e. The molecule has 0 aliphatic carbocycles. The lowest BCUT2D eigenvalue weighted by Crippen LogP contribution is -2.19. The number of aliphatic hydroxyl groups is 1. The van der Waals surface area contributed by atoms with Crippen LogP contribution in [0.5, 0.6) is 0 Å². The number of epoxide rings is 1. The molecule has 3 aromatic rings. The molecule has 2 unspecified atom stereocenters. The molecule has 0 bridgehead atoms. The molecule has 3 aromatic carbocycles. The second-order valence-corrected chi connectivity index (χ2v) is 5.86. The zero-order valence-corrected chi connectivity index (χ0v) is 12.7. The molecule has 0 aromatic heterocycles. The minimum atomic E-state index is -0.656. The topological polar surface area (TPSA) is 32.8 Å². The van der Waals surface area contributed by atoms with Crippen molar-refractivity contribution in [2.45, 2.75) is 17.8 Å². The van der Waals surface area contributed by atoms with Crippen LogP contribution in [0, 0.1) is 0 Å². The summed E-state index contributed by atoms with van der Waals surface area (Å²) in [5.74, 6) is 0. The Morgan fingerprint density at radius 2 is 1.13 bits per heavy atom. The van der Waals surface area contributed by atoms with Gasteiger partial charge in [-0.15, -0.1) is 0 Å². The van der Waals surface area contributed by atoms with Crippen molar-refractivity contribution >= 4 is 0 Å². The van der Waals surface area contributed by atoms with Crippen LogP contribution in [0.2, 0.25) is 0 Å². The van der Waals surface area contributed by atoms with Gasteiger partial charge in [-0.3, -0.25) is 0 Å². The number of benzene rings is 3. The summed E-state index contributed by atoms with van der Waals surface area (Å²) >= 11 is 0. The fraction of sp³-hybridized carbons (Fsp3) is 0.143. The highest BCUT2D eigenvalue weighted by molar-refractivity contribution is 5.44. The van der Waals surface area contributed by atoms with Gasteiger partial charge in [0.05, 0.1) is 0 Å². The van der Waals surface area contributed by atoms with Crippen LogP contribution in [0.25, 0.3) is 0 Å². The molecule has 2 heteroatoms. The Balaban J connectivity index is 1.76. The van der Waals surface area contributed by atoms with Crippen molar-refractivity contribution in [2.24, 2.45) is 0 Å². The first-order valence-electron chi connectivity index (χ1n) is 7.84. The van der Waals surface area contributed by atoms with Gasteiger partial charge in [0.25, 0.3) is 0 Å². The Kier molecular flexibility index (Phi) is 3.49. The highest BCUT2D eigenvalue weighted by atomic mass is 16.6. The number of rotatable bonds is 4. The van der Waals surface area contributed by atoms with Gasteiger partial charge < -0.3 is 9.84 Å². The highest BCUT2D eigenvalue weighted by Crippen LogP contribution is 2.56. The molecular formula is C21H18O2. The Labute approximate surface area is 136 Å². The summed E-state index contributed by atoms with van der Waals surface area (Å²) in [7, 11) is 0. The van der Waals surface area contributed by atoms with Crippen molar-refractivity contribution in [1.82, 2.24) is 0 Å². The van der Waals surface area contributed by atoms with Crippen molar-refractivity contribution in [2.75, 3.05) is 0 Å². The molecule has 1 N–H and O–H groups in total. The van der Waals surface area contributed by atoms with E-state index < -0.39 is 11.7 Å².